The smallest absolute Gasteiger partial charge is 0.416 e. The van der Waals surface area contributed by atoms with Gasteiger partial charge < -0.3 is 24.5 Å². The lowest BCUT2D eigenvalue weighted by molar-refractivity contribution is -0.254. The lowest BCUT2D eigenvalue weighted by atomic mass is 10.1. The number of anilines is 2. The first-order valence-corrected chi connectivity index (χ1v) is 12.2. The number of fused-ring (bicyclic) bond motifs is 1. The van der Waals surface area contributed by atoms with Gasteiger partial charge in [0.05, 0.1) is 29.7 Å². The van der Waals surface area contributed by atoms with E-state index in [1.54, 1.807) is 24.3 Å². The van der Waals surface area contributed by atoms with Gasteiger partial charge in [-0.15, -0.1) is 0 Å². The van der Waals surface area contributed by atoms with Crippen LogP contribution >= 0.6 is 0 Å². The highest BCUT2D eigenvalue weighted by Gasteiger charge is 2.30. The molecule has 2 heterocycles. The molecule has 3 aromatic carbocycles. The fourth-order valence-electron chi connectivity index (χ4n) is 4.50. The number of nitrogens with one attached hydrogen (secondary N) is 1. The minimum atomic E-state index is -4.37. The molecule has 1 aromatic heterocycles. The number of halogens is 3. The van der Waals surface area contributed by atoms with E-state index in [2.05, 4.69) is 10.3 Å². The highest BCUT2D eigenvalue weighted by molar-refractivity contribution is 6.00. The number of benzene rings is 3. The number of rotatable bonds is 6. The number of nitrogens with zero attached hydrogens (tertiary/aromatic N) is 4. The number of aromatic carboxylic acids is 1. The van der Waals surface area contributed by atoms with Gasteiger partial charge in [0, 0.05) is 48.7 Å². The molecule has 12 heteroatoms. The first kappa shape index (κ1) is 26.7. The van der Waals surface area contributed by atoms with Crippen LogP contribution in [-0.4, -0.2) is 54.5 Å². The number of hydrogen-bond donors (Lipinski definition) is 1. The van der Waals surface area contributed by atoms with Crippen LogP contribution in [0.2, 0.25) is 0 Å². The largest absolute Gasteiger partial charge is 0.545 e. The average molecular weight is 549 g/mol. The van der Waals surface area contributed by atoms with E-state index in [-0.39, 0.29) is 40.6 Å². The Morgan fingerprint density at radius 1 is 1.02 bits per heavy atom. The second kappa shape index (κ2) is 10.7. The molecule has 1 aliphatic heterocycles. The number of carbonyl (C=O) groups excluding carboxylic acids is 2. The van der Waals surface area contributed by atoms with Gasteiger partial charge >= 0.3 is 6.18 Å². The van der Waals surface area contributed by atoms with Crippen molar-refractivity contribution in [3.8, 4) is 17.5 Å². The van der Waals surface area contributed by atoms with E-state index < -0.39 is 17.7 Å². The molecule has 5 rings (SSSR count). The fraction of sp³-hybridized carbons (Fsp3) is 0.214. The van der Waals surface area contributed by atoms with Gasteiger partial charge in [-0.25, -0.2) is 4.98 Å². The molecule has 1 aliphatic rings. The monoisotopic (exact) mass is 548 g/mol. The van der Waals surface area contributed by atoms with E-state index in [4.69, 9.17) is 9.68 Å². The average Bonchev–Trinajstić information content (AvgIpc) is 3.37. The summed E-state index contributed by atoms with van der Waals surface area (Å²) in [6.45, 7) is 2.46. The third kappa shape index (κ3) is 5.74. The number of carbonyl (C=O) groups is 2. The second-order valence-electron chi connectivity index (χ2n) is 9.22. The van der Waals surface area contributed by atoms with Crippen LogP contribution in [0.5, 0.6) is 0 Å². The molecule has 0 atom stereocenters. The van der Waals surface area contributed by atoms with Gasteiger partial charge in [0.2, 0.25) is 11.8 Å². The van der Waals surface area contributed by atoms with Crippen molar-refractivity contribution in [3.63, 3.8) is 0 Å². The van der Waals surface area contributed by atoms with Crippen molar-refractivity contribution in [1.82, 2.24) is 9.88 Å². The highest BCUT2D eigenvalue weighted by atomic mass is 19.4. The lowest BCUT2D eigenvalue weighted by Crippen LogP contribution is -2.48. The Hall–Kier alpha value is -4.89. The van der Waals surface area contributed by atoms with Gasteiger partial charge in [0.1, 0.15) is 5.52 Å². The van der Waals surface area contributed by atoms with Crippen molar-refractivity contribution in [2.24, 2.45) is 0 Å². The summed E-state index contributed by atoms with van der Waals surface area (Å²) in [6.07, 6.45) is -4.37. The van der Waals surface area contributed by atoms with Crippen molar-refractivity contribution in [3.05, 3.63) is 77.4 Å². The first-order chi connectivity index (χ1) is 19.1. The van der Waals surface area contributed by atoms with Crippen molar-refractivity contribution in [1.29, 1.82) is 5.26 Å². The zero-order valence-electron chi connectivity index (χ0n) is 20.9. The normalized spacial score (nSPS) is 14.2. The maximum atomic E-state index is 12.8. The Balaban J connectivity index is 1.17. The van der Waals surface area contributed by atoms with Crippen LogP contribution in [-0.2, 0) is 11.0 Å². The summed E-state index contributed by atoms with van der Waals surface area (Å²) in [5, 5.41) is 23.4. The van der Waals surface area contributed by atoms with Gasteiger partial charge in [-0.05, 0) is 60.7 Å². The van der Waals surface area contributed by atoms with Crippen molar-refractivity contribution < 1.29 is 32.3 Å². The van der Waals surface area contributed by atoms with E-state index in [1.807, 2.05) is 15.9 Å². The van der Waals surface area contributed by atoms with Crippen LogP contribution in [0.3, 0.4) is 0 Å². The number of aromatic nitrogens is 1. The van der Waals surface area contributed by atoms with Gasteiger partial charge in [-0.3, -0.25) is 9.69 Å². The summed E-state index contributed by atoms with van der Waals surface area (Å²) in [4.78, 5) is 32.3. The summed E-state index contributed by atoms with van der Waals surface area (Å²) in [5.74, 6) is -1.56. The van der Waals surface area contributed by atoms with Crippen molar-refractivity contribution >= 4 is 34.4 Å². The fourth-order valence-corrected chi connectivity index (χ4v) is 4.50. The first-order valence-electron chi connectivity index (χ1n) is 12.2. The molecular formula is C28H21F3N5O4-. The van der Waals surface area contributed by atoms with E-state index in [0.29, 0.717) is 43.1 Å². The molecule has 4 aromatic rings. The van der Waals surface area contributed by atoms with Crippen LogP contribution in [0.4, 0.5) is 24.5 Å². The topological polar surface area (TPSA) is 126 Å². The van der Waals surface area contributed by atoms with Gasteiger partial charge in [0.15, 0.2) is 5.58 Å². The molecule has 40 heavy (non-hydrogen) atoms. The summed E-state index contributed by atoms with van der Waals surface area (Å²) >= 11 is 0. The Kier molecular flexibility index (Phi) is 7.15. The summed E-state index contributed by atoms with van der Waals surface area (Å²) in [6, 6.07) is 16.2. The maximum Gasteiger partial charge on any atom is 0.416 e. The predicted molar refractivity (Wildman–Crippen MR) is 137 cm³/mol. The van der Waals surface area contributed by atoms with Gasteiger partial charge in [-0.1, -0.05) is 0 Å². The Bertz CT molecular complexity index is 1600. The van der Waals surface area contributed by atoms with E-state index >= 15 is 0 Å². The third-order valence-corrected chi connectivity index (χ3v) is 6.55. The van der Waals surface area contributed by atoms with Crippen molar-refractivity contribution in [2.75, 3.05) is 42.9 Å². The molecule has 0 radical (unpaired) electrons. The molecule has 0 unspecified atom stereocenters. The quantitative estimate of drug-likeness (QED) is 0.388. The molecule has 1 fully saturated rings. The minimum Gasteiger partial charge on any atom is -0.545 e. The Labute approximate surface area is 226 Å². The molecule has 0 aliphatic carbocycles. The number of amides is 1. The standard InChI is InChI=1S/C28H22F3N5O4/c29-28(30,31)19-3-7-21(8-4-19)36-11-9-35(10-12-36)16-24(37)33-20-5-1-18(2-6-20)26-34-23-14-17(15-32)13-22(27(38)39)25(23)40-26/h1-8,13-14H,9-12,16H2,(H,33,37)(H,38,39)/p-1. The number of piperazine rings is 1. The number of hydrogen-bond acceptors (Lipinski definition) is 8. The summed E-state index contributed by atoms with van der Waals surface area (Å²) < 4.78 is 44.0. The van der Waals surface area contributed by atoms with Gasteiger partial charge in [-0.2, -0.15) is 18.4 Å². The molecule has 9 nitrogen and oxygen atoms in total. The Morgan fingerprint density at radius 3 is 2.30 bits per heavy atom. The van der Waals surface area contributed by atoms with Crippen molar-refractivity contribution in [2.45, 2.75) is 6.18 Å². The van der Waals surface area contributed by atoms with E-state index in [1.165, 1.54) is 24.3 Å². The SMILES string of the molecule is N#Cc1cc(C(=O)[O-])c2oc(-c3ccc(NC(=O)CN4CCN(c5ccc(C(F)(F)F)cc5)CC4)cc3)nc2c1. The molecule has 0 saturated carbocycles. The number of alkyl halides is 3. The molecule has 0 bridgehead atoms. The van der Waals surface area contributed by atoms with Gasteiger partial charge in [0.25, 0.3) is 0 Å². The molecule has 1 amide bonds. The zero-order valence-corrected chi connectivity index (χ0v) is 20.9. The number of carboxylic acids is 1. The maximum absolute atomic E-state index is 12.8. The molecular weight excluding hydrogens is 527 g/mol. The van der Waals surface area contributed by atoms with Crippen LogP contribution in [0.15, 0.2) is 65.1 Å². The predicted octanol–water partition coefficient (Wildman–Crippen LogP) is 3.51. The summed E-state index contributed by atoms with van der Waals surface area (Å²) in [5.41, 5.74) is 1.16. The van der Waals surface area contributed by atoms with E-state index in [9.17, 15) is 27.9 Å². The molecule has 1 saturated heterocycles. The minimum absolute atomic E-state index is 0.00444. The molecule has 1 N–H and O–H groups in total. The third-order valence-electron chi connectivity index (χ3n) is 6.55. The second-order valence-corrected chi connectivity index (χ2v) is 9.22. The lowest BCUT2D eigenvalue weighted by Gasteiger charge is -2.35. The summed E-state index contributed by atoms with van der Waals surface area (Å²) in [7, 11) is 0. The van der Waals surface area contributed by atoms with E-state index in [0.717, 1.165) is 12.1 Å². The number of nitriles is 1. The highest BCUT2D eigenvalue weighted by Crippen LogP contribution is 2.31. The molecule has 204 valence electrons. The number of carboxylic acid groups (broad SMARTS) is 1. The van der Waals surface area contributed by atoms with Crippen LogP contribution < -0.4 is 15.3 Å². The Morgan fingerprint density at radius 2 is 1.70 bits per heavy atom. The zero-order chi connectivity index (χ0) is 28.4. The van der Waals surface area contributed by atoms with Crippen LogP contribution in [0, 0.1) is 11.3 Å². The number of oxazole rings is 1. The van der Waals surface area contributed by atoms with Crippen LogP contribution in [0.1, 0.15) is 21.5 Å². The molecule has 0 spiro atoms. The van der Waals surface area contributed by atoms with Crippen LogP contribution in [0.25, 0.3) is 22.6 Å².